The molecule has 1 N–H and O–H groups in total. The smallest absolute Gasteiger partial charge is 0.291 e. The third-order valence-corrected chi connectivity index (χ3v) is 5.20. The Hall–Kier alpha value is -2.28. The van der Waals surface area contributed by atoms with Crippen LogP contribution in [0.2, 0.25) is 10.0 Å². The Balaban J connectivity index is 1.83. The predicted molar refractivity (Wildman–Crippen MR) is 102 cm³/mol. The molecule has 26 heavy (non-hydrogen) atoms. The summed E-state index contributed by atoms with van der Waals surface area (Å²) in [6.07, 6.45) is 1.10. The highest BCUT2D eigenvalue weighted by molar-refractivity contribution is 7.90. The number of carbonyl (C=O) groups is 1. The van der Waals surface area contributed by atoms with E-state index in [0.29, 0.717) is 27.1 Å². The molecule has 0 aliphatic carbocycles. The van der Waals surface area contributed by atoms with E-state index < -0.39 is 15.7 Å². The molecule has 0 radical (unpaired) electrons. The zero-order chi connectivity index (χ0) is 18.9. The molecule has 1 aromatic heterocycles. The molecule has 0 spiro atoms. The molecule has 3 aromatic rings. The SMILES string of the molecule is CS(=O)(=O)c1cccc(NC(=O)c2ccc(-c3ccc(Cl)cc3Cl)o2)c1. The maximum absolute atomic E-state index is 12.4. The maximum Gasteiger partial charge on any atom is 0.291 e. The van der Waals surface area contributed by atoms with Gasteiger partial charge in [0.1, 0.15) is 5.76 Å². The fraction of sp³-hybridized carbons (Fsp3) is 0.0556. The number of nitrogens with one attached hydrogen (secondary N) is 1. The number of benzene rings is 2. The Labute approximate surface area is 160 Å². The van der Waals surface area contributed by atoms with Gasteiger partial charge in [-0.1, -0.05) is 29.3 Å². The summed E-state index contributed by atoms with van der Waals surface area (Å²) in [5.41, 5.74) is 0.953. The third-order valence-electron chi connectivity index (χ3n) is 3.55. The summed E-state index contributed by atoms with van der Waals surface area (Å²) >= 11 is 12.0. The summed E-state index contributed by atoms with van der Waals surface area (Å²) in [6, 6.07) is 14.1. The number of hydrogen-bond acceptors (Lipinski definition) is 4. The second-order valence-electron chi connectivity index (χ2n) is 5.54. The Morgan fingerprint density at radius 3 is 2.50 bits per heavy atom. The molecule has 0 atom stereocenters. The van der Waals surface area contributed by atoms with Gasteiger partial charge in [-0.15, -0.1) is 0 Å². The zero-order valence-corrected chi connectivity index (χ0v) is 15.8. The summed E-state index contributed by atoms with van der Waals surface area (Å²) in [4.78, 5) is 12.5. The average Bonchev–Trinajstić information content (AvgIpc) is 3.04. The lowest BCUT2D eigenvalue weighted by molar-refractivity contribution is 0.0997. The van der Waals surface area contributed by atoms with Crippen molar-refractivity contribution in [2.24, 2.45) is 0 Å². The number of hydrogen-bond donors (Lipinski definition) is 1. The molecular weight excluding hydrogens is 397 g/mol. The number of halogens is 2. The summed E-state index contributed by atoms with van der Waals surface area (Å²) in [5, 5.41) is 3.50. The molecule has 0 saturated carbocycles. The molecule has 134 valence electrons. The molecule has 8 heteroatoms. The van der Waals surface area contributed by atoms with Crippen molar-refractivity contribution in [1.82, 2.24) is 0 Å². The zero-order valence-electron chi connectivity index (χ0n) is 13.5. The van der Waals surface area contributed by atoms with Crippen LogP contribution in [0.15, 0.2) is 63.9 Å². The van der Waals surface area contributed by atoms with Crippen LogP contribution in [0.25, 0.3) is 11.3 Å². The fourth-order valence-electron chi connectivity index (χ4n) is 2.29. The lowest BCUT2D eigenvalue weighted by Gasteiger charge is -2.05. The van der Waals surface area contributed by atoms with Crippen LogP contribution in [0.4, 0.5) is 5.69 Å². The van der Waals surface area contributed by atoms with Gasteiger partial charge >= 0.3 is 0 Å². The lowest BCUT2D eigenvalue weighted by Crippen LogP contribution is -2.11. The Kier molecular flexibility index (Phi) is 5.09. The molecule has 1 amide bonds. The first kappa shape index (κ1) is 18.5. The summed E-state index contributed by atoms with van der Waals surface area (Å²) < 4.78 is 28.8. The van der Waals surface area contributed by atoms with Gasteiger partial charge < -0.3 is 9.73 Å². The van der Waals surface area contributed by atoms with E-state index in [1.807, 2.05) is 0 Å². The Morgan fingerprint density at radius 2 is 1.81 bits per heavy atom. The van der Waals surface area contributed by atoms with Crippen LogP contribution in [0, 0.1) is 0 Å². The van der Waals surface area contributed by atoms with Gasteiger partial charge in [0.05, 0.1) is 9.92 Å². The van der Waals surface area contributed by atoms with Crippen LogP contribution in [0.5, 0.6) is 0 Å². The average molecular weight is 410 g/mol. The normalized spacial score (nSPS) is 11.3. The topological polar surface area (TPSA) is 76.4 Å². The van der Waals surface area contributed by atoms with Gasteiger partial charge in [-0.3, -0.25) is 4.79 Å². The van der Waals surface area contributed by atoms with Crippen molar-refractivity contribution in [3.8, 4) is 11.3 Å². The summed E-state index contributed by atoms with van der Waals surface area (Å²) in [5.74, 6) is -0.0236. The van der Waals surface area contributed by atoms with E-state index in [2.05, 4.69) is 5.32 Å². The van der Waals surface area contributed by atoms with Gasteiger partial charge in [0.15, 0.2) is 15.6 Å². The number of amides is 1. The van der Waals surface area contributed by atoms with Crippen molar-refractivity contribution in [3.05, 3.63) is 70.4 Å². The minimum absolute atomic E-state index is 0.0655. The van der Waals surface area contributed by atoms with Crippen molar-refractivity contribution in [2.75, 3.05) is 11.6 Å². The summed E-state index contributed by atoms with van der Waals surface area (Å²) in [7, 11) is -3.37. The highest BCUT2D eigenvalue weighted by Gasteiger charge is 2.15. The molecule has 0 unspecified atom stereocenters. The predicted octanol–water partition coefficient (Wildman–Crippen LogP) is 4.91. The van der Waals surface area contributed by atoms with Crippen molar-refractivity contribution < 1.29 is 17.6 Å². The van der Waals surface area contributed by atoms with Crippen LogP contribution in [-0.4, -0.2) is 20.6 Å². The highest BCUT2D eigenvalue weighted by atomic mass is 35.5. The van der Waals surface area contributed by atoms with Gasteiger partial charge in [0, 0.05) is 22.5 Å². The van der Waals surface area contributed by atoms with Crippen molar-refractivity contribution >= 4 is 44.6 Å². The van der Waals surface area contributed by atoms with Crippen LogP contribution < -0.4 is 5.32 Å². The number of sulfone groups is 1. The van der Waals surface area contributed by atoms with E-state index in [-0.39, 0.29) is 10.7 Å². The van der Waals surface area contributed by atoms with E-state index in [0.717, 1.165) is 6.26 Å². The number of furan rings is 1. The largest absolute Gasteiger partial charge is 0.451 e. The van der Waals surface area contributed by atoms with Crippen molar-refractivity contribution in [2.45, 2.75) is 4.90 Å². The molecule has 0 fully saturated rings. The Bertz CT molecular complexity index is 1090. The number of carbonyl (C=O) groups excluding carboxylic acids is 1. The van der Waals surface area contributed by atoms with E-state index in [4.69, 9.17) is 27.6 Å². The monoisotopic (exact) mass is 409 g/mol. The van der Waals surface area contributed by atoms with Crippen LogP contribution in [0.1, 0.15) is 10.6 Å². The molecule has 2 aromatic carbocycles. The molecule has 0 aliphatic heterocycles. The first-order valence-corrected chi connectivity index (χ1v) is 10.1. The minimum Gasteiger partial charge on any atom is -0.451 e. The van der Waals surface area contributed by atoms with E-state index in [1.165, 1.54) is 18.2 Å². The molecule has 3 rings (SSSR count). The maximum atomic E-state index is 12.4. The van der Waals surface area contributed by atoms with E-state index in [9.17, 15) is 13.2 Å². The van der Waals surface area contributed by atoms with Gasteiger partial charge in [-0.25, -0.2) is 8.42 Å². The fourth-order valence-corrected chi connectivity index (χ4v) is 3.46. The van der Waals surface area contributed by atoms with Crippen molar-refractivity contribution in [3.63, 3.8) is 0 Å². The quantitative estimate of drug-likeness (QED) is 0.663. The standard InChI is InChI=1S/C18H13Cl2NO4S/c1-26(23,24)13-4-2-3-12(10-13)21-18(22)17-8-7-16(25-17)14-6-5-11(19)9-15(14)20/h2-10H,1H3,(H,21,22). The van der Waals surface area contributed by atoms with E-state index >= 15 is 0 Å². The third kappa shape index (κ3) is 4.09. The second kappa shape index (κ2) is 7.15. The van der Waals surface area contributed by atoms with Gasteiger partial charge in [0.25, 0.3) is 5.91 Å². The first-order chi connectivity index (χ1) is 12.2. The van der Waals surface area contributed by atoms with Crippen molar-refractivity contribution in [1.29, 1.82) is 0 Å². The van der Waals surface area contributed by atoms with Crippen LogP contribution >= 0.6 is 23.2 Å². The molecule has 0 saturated heterocycles. The number of rotatable bonds is 4. The molecule has 0 aliphatic rings. The second-order valence-corrected chi connectivity index (χ2v) is 8.40. The molecule has 5 nitrogen and oxygen atoms in total. The molecular formula is C18H13Cl2NO4S. The first-order valence-electron chi connectivity index (χ1n) is 7.41. The highest BCUT2D eigenvalue weighted by Crippen LogP contribution is 2.31. The number of anilines is 1. The van der Waals surface area contributed by atoms with Gasteiger partial charge in [0.2, 0.25) is 0 Å². The van der Waals surface area contributed by atoms with Crippen LogP contribution in [-0.2, 0) is 9.84 Å². The lowest BCUT2D eigenvalue weighted by atomic mass is 10.2. The summed E-state index contributed by atoms with van der Waals surface area (Å²) in [6.45, 7) is 0. The van der Waals surface area contributed by atoms with Gasteiger partial charge in [-0.05, 0) is 48.5 Å². The molecule has 1 heterocycles. The van der Waals surface area contributed by atoms with Crippen LogP contribution in [0.3, 0.4) is 0 Å². The van der Waals surface area contributed by atoms with E-state index in [1.54, 1.807) is 36.4 Å². The molecule has 0 bridgehead atoms. The Morgan fingerprint density at radius 1 is 1.04 bits per heavy atom. The van der Waals surface area contributed by atoms with Gasteiger partial charge in [-0.2, -0.15) is 0 Å². The minimum atomic E-state index is -3.37.